The first-order valence-electron chi connectivity index (χ1n) is 12.3. The molecule has 1 atom stereocenters. The number of aryl methyl sites for hydroxylation is 1. The Morgan fingerprint density at radius 1 is 1.12 bits per heavy atom. The predicted octanol–water partition coefficient (Wildman–Crippen LogP) is 5.21. The van der Waals surface area contributed by atoms with Crippen molar-refractivity contribution in [2.24, 2.45) is 0 Å². The SMILES string of the molecule is CCN1CCN([C@@H](c2ccc(OC)cc2)c2c(NC(=O)c3ccco3)sc3c2CCCC3)CC1. The number of rotatable bonds is 7. The number of furan rings is 1. The van der Waals surface area contributed by atoms with Crippen molar-refractivity contribution in [3.63, 3.8) is 0 Å². The van der Waals surface area contributed by atoms with Crippen LogP contribution in [-0.2, 0) is 12.8 Å². The number of carbonyl (C=O) groups is 1. The first kappa shape index (κ1) is 23.1. The van der Waals surface area contributed by atoms with Gasteiger partial charge in [-0.1, -0.05) is 19.1 Å². The van der Waals surface area contributed by atoms with Gasteiger partial charge in [-0.15, -0.1) is 11.3 Å². The number of nitrogens with zero attached hydrogens (tertiary/aromatic N) is 2. The van der Waals surface area contributed by atoms with Gasteiger partial charge in [0.15, 0.2) is 5.76 Å². The Hall–Kier alpha value is -2.61. The van der Waals surface area contributed by atoms with Gasteiger partial charge in [0.2, 0.25) is 0 Å². The van der Waals surface area contributed by atoms with E-state index in [1.807, 2.05) is 12.1 Å². The number of benzene rings is 1. The molecular formula is C27H33N3O3S. The third-order valence-corrected chi connectivity index (χ3v) is 8.33. The minimum Gasteiger partial charge on any atom is -0.497 e. The highest BCUT2D eigenvalue weighted by atomic mass is 32.1. The molecule has 5 rings (SSSR count). The second-order valence-corrected chi connectivity index (χ2v) is 10.1. The predicted molar refractivity (Wildman–Crippen MR) is 136 cm³/mol. The number of thiophene rings is 1. The van der Waals surface area contributed by atoms with Crippen molar-refractivity contribution in [3.8, 4) is 5.75 Å². The van der Waals surface area contributed by atoms with Gasteiger partial charge in [0, 0.05) is 36.6 Å². The average molecular weight is 480 g/mol. The molecule has 0 bridgehead atoms. The topological polar surface area (TPSA) is 58.0 Å². The minimum atomic E-state index is -0.186. The van der Waals surface area contributed by atoms with Crippen LogP contribution in [0.15, 0.2) is 47.1 Å². The highest BCUT2D eigenvalue weighted by Gasteiger charge is 2.33. The fourth-order valence-corrected chi connectivity index (χ4v) is 6.55. The smallest absolute Gasteiger partial charge is 0.291 e. The lowest BCUT2D eigenvalue weighted by molar-refractivity contribution is 0.0995. The monoisotopic (exact) mass is 479 g/mol. The van der Waals surface area contributed by atoms with E-state index < -0.39 is 0 Å². The average Bonchev–Trinajstić information content (AvgIpc) is 3.54. The number of nitrogens with one attached hydrogen (secondary N) is 1. The molecule has 3 aromatic rings. The van der Waals surface area contributed by atoms with E-state index >= 15 is 0 Å². The zero-order valence-corrected chi connectivity index (χ0v) is 20.8. The minimum absolute atomic E-state index is 0.0925. The molecule has 0 radical (unpaired) electrons. The molecule has 0 saturated carbocycles. The van der Waals surface area contributed by atoms with Crippen LogP contribution in [0, 0.1) is 0 Å². The van der Waals surface area contributed by atoms with Gasteiger partial charge < -0.3 is 19.4 Å². The summed E-state index contributed by atoms with van der Waals surface area (Å²) in [5, 5.41) is 4.19. The summed E-state index contributed by atoms with van der Waals surface area (Å²) < 4.78 is 10.8. The number of hydrogen-bond acceptors (Lipinski definition) is 6. The number of amides is 1. The lowest BCUT2D eigenvalue weighted by Gasteiger charge is -2.40. The molecule has 1 N–H and O–H groups in total. The maximum absolute atomic E-state index is 13.0. The number of ether oxygens (including phenoxy) is 1. The number of hydrogen-bond donors (Lipinski definition) is 1. The zero-order valence-electron chi connectivity index (χ0n) is 20.0. The summed E-state index contributed by atoms with van der Waals surface area (Å²) in [6.45, 7) is 7.43. The molecule has 6 nitrogen and oxygen atoms in total. The maximum Gasteiger partial charge on any atom is 0.291 e. The van der Waals surface area contributed by atoms with Gasteiger partial charge in [-0.2, -0.15) is 0 Å². The third kappa shape index (κ3) is 4.65. The third-order valence-electron chi connectivity index (χ3n) is 7.11. The maximum atomic E-state index is 13.0. The van der Waals surface area contributed by atoms with E-state index in [9.17, 15) is 4.79 Å². The van der Waals surface area contributed by atoms with Crippen LogP contribution in [0.5, 0.6) is 5.75 Å². The quantitative estimate of drug-likeness (QED) is 0.504. The molecule has 0 unspecified atom stereocenters. The number of methoxy groups -OCH3 is 1. The Labute approximate surface area is 205 Å². The van der Waals surface area contributed by atoms with E-state index in [1.54, 1.807) is 36.8 Å². The summed E-state index contributed by atoms with van der Waals surface area (Å²) >= 11 is 1.75. The van der Waals surface area contributed by atoms with Crippen LogP contribution in [0.4, 0.5) is 5.00 Å². The van der Waals surface area contributed by atoms with Gasteiger partial charge >= 0.3 is 0 Å². The lowest BCUT2D eigenvalue weighted by Crippen LogP contribution is -2.47. The normalized spacial score (nSPS) is 17.8. The Balaban J connectivity index is 1.57. The van der Waals surface area contributed by atoms with E-state index in [1.165, 1.54) is 34.4 Å². The van der Waals surface area contributed by atoms with Gasteiger partial charge in [0.1, 0.15) is 10.8 Å². The van der Waals surface area contributed by atoms with Crippen molar-refractivity contribution < 1.29 is 13.9 Å². The molecule has 3 heterocycles. The van der Waals surface area contributed by atoms with Crippen molar-refractivity contribution in [1.82, 2.24) is 9.80 Å². The van der Waals surface area contributed by atoms with E-state index in [0.29, 0.717) is 5.76 Å². The fourth-order valence-electron chi connectivity index (χ4n) is 5.23. The van der Waals surface area contributed by atoms with E-state index in [2.05, 4.69) is 34.2 Å². The Bertz CT molecular complexity index is 1100. The van der Waals surface area contributed by atoms with E-state index in [0.717, 1.165) is 56.3 Å². The number of fused-ring (bicyclic) bond motifs is 1. The molecule has 0 spiro atoms. The van der Waals surface area contributed by atoms with Gasteiger partial charge in [0.05, 0.1) is 19.4 Å². The number of likely N-dealkylation sites (N-methyl/N-ethyl adjacent to an activating group) is 1. The molecule has 1 saturated heterocycles. The summed E-state index contributed by atoms with van der Waals surface area (Å²) in [5.74, 6) is 1.01. The largest absolute Gasteiger partial charge is 0.497 e. The van der Waals surface area contributed by atoms with Crippen LogP contribution in [0.1, 0.15) is 57.9 Å². The second-order valence-electron chi connectivity index (χ2n) is 9.03. The highest BCUT2D eigenvalue weighted by Crippen LogP contribution is 2.46. The van der Waals surface area contributed by atoms with Gasteiger partial charge in [-0.3, -0.25) is 9.69 Å². The molecule has 1 aliphatic heterocycles. The molecule has 1 amide bonds. The van der Waals surface area contributed by atoms with Crippen molar-refractivity contribution in [3.05, 3.63) is 70.0 Å². The van der Waals surface area contributed by atoms with E-state index in [4.69, 9.17) is 9.15 Å². The molecule has 7 heteroatoms. The number of carbonyl (C=O) groups excluding carboxylic acids is 1. The molecule has 1 aromatic carbocycles. The van der Waals surface area contributed by atoms with Gasteiger partial charge in [-0.05, 0) is 67.6 Å². The van der Waals surface area contributed by atoms with Crippen LogP contribution < -0.4 is 10.1 Å². The van der Waals surface area contributed by atoms with E-state index in [-0.39, 0.29) is 11.9 Å². The molecule has 2 aliphatic rings. The highest BCUT2D eigenvalue weighted by molar-refractivity contribution is 7.16. The number of piperazine rings is 1. The van der Waals surface area contributed by atoms with Crippen LogP contribution >= 0.6 is 11.3 Å². The summed E-state index contributed by atoms with van der Waals surface area (Å²) in [7, 11) is 1.70. The Kier molecular flexibility index (Phi) is 7.04. The molecule has 1 fully saturated rings. The first-order chi connectivity index (χ1) is 16.7. The number of anilines is 1. The van der Waals surface area contributed by atoms with Crippen molar-refractivity contribution in [1.29, 1.82) is 0 Å². The summed E-state index contributed by atoms with van der Waals surface area (Å²) in [4.78, 5) is 19.5. The standard InChI is InChI=1S/C27H33N3O3S/c1-3-29-14-16-30(17-15-29)25(19-10-12-20(32-2)13-11-19)24-21-7-4-5-9-23(21)34-27(24)28-26(31)22-8-6-18-33-22/h6,8,10-13,18,25H,3-5,7,9,14-17H2,1-2H3,(H,28,31)/t25-/m0/s1. The molecular weight excluding hydrogens is 446 g/mol. The lowest BCUT2D eigenvalue weighted by atomic mass is 9.88. The summed E-state index contributed by atoms with van der Waals surface area (Å²) in [6.07, 6.45) is 6.10. The Morgan fingerprint density at radius 3 is 2.56 bits per heavy atom. The van der Waals surface area contributed by atoms with Crippen molar-refractivity contribution in [2.45, 2.75) is 38.6 Å². The molecule has 180 valence electrons. The van der Waals surface area contributed by atoms with Crippen molar-refractivity contribution in [2.75, 3.05) is 45.2 Å². The van der Waals surface area contributed by atoms with Crippen LogP contribution in [0.3, 0.4) is 0 Å². The van der Waals surface area contributed by atoms with Crippen molar-refractivity contribution >= 4 is 22.2 Å². The summed E-state index contributed by atoms with van der Waals surface area (Å²) in [5.41, 5.74) is 3.95. The van der Waals surface area contributed by atoms with Gasteiger partial charge in [0.25, 0.3) is 5.91 Å². The molecule has 34 heavy (non-hydrogen) atoms. The molecule has 2 aromatic heterocycles. The summed E-state index contributed by atoms with van der Waals surface area (Å²) in [6, 6.07) is 12.0. The zero-order chi connectivity index (χ0) is 23.5. The van der Waals surface area contributed by atoms with Crippen LogP contribution in [0.25, 0.3) is 0 Å². The fraction of sp³-hybridized carbons (Fsp3) is 0.444. The molecule has 1 aliphatic carbocycles. The van der Waals surface area contributed by atoms with Crippen LogP contribution in [-0.4, -0.2) is 55.5 Å². The van der Waals surface area contributed by atoms with Gasteiger partial charge in [-0.25, -0.2) is 0 Å². The first-order valence-corrected chi connectivity index (χ1v) is 13.1. The van der Waals surface area contributed by atoms with Crippen LogP contribution in [0.2, 0.25) is 0 Å². The second kappa shape index (κ2) is 10.3. The Morgan fingerprint density at radius 2 is 1.88 bits per heavy atom.